The third kappa shape index (κ3) is 3.68. The second kappa shape index (κ2) is 8.95. The average Bonchev–Trinajstić information content (AvgIpc) is 2.99. The Morgan fingerprint density at radius 1 is 1.06 bits per heavy atom. The Morgan fingerprint density at radius 2 is 1.69 bits per heavy atom. The van der Waals surface area contributed by atoms with E-state index in [1.54, 1.807) is 7.11 Å². The first-order valence-electron chi connectivity index (χ1n) is 14.2. The van der Waals surface area contributed by atoms with Crippen LogP contribution in [0.25, 0.3) is 0 Å². The van der Waals surface area contributed by atoms with Crippen LogP contribution in [-0.2, 0) is 4.74 Å². The SMILES string of the molecule is C=C1C[C@H]2[C@@H]3CC=C4C=C(OC)CC[C@]4(C)[C@H]3CC[C@]2(C)[C@]1(O)C#C[Si](C(C)C)(C(C)C)C(C)C. The minimum absolute atomic E-state index is 0.215. The zero-order chi connectivity index (χ0) is 26.0. The van der Waals surface area contributed by atoms with Crippen LogP contribution in [0.2, 0.25) is 16.6 Å². The van der Waals surface area contributed by atoms with E-state index in [9.17, 15) is 5.11 Å². The van der Waals surface area contributed by atoms with Crippen LogP contribution in [0, 0.1) is 40.0 Å². The second-order valence-corrected chi connectivity index (χ2v) is 19.2. The molecule has 0 aliphatic heterocycles. The summed E-state index contributed by atoms with van der Waals surface area (Å²) >= 11 is 0. The molecule has 194 valence electrons. The minimum atomic E-state index is -1.93. The summed E-state index contributed by atoms with van der Waals surface area (Å²) in [6, 6.07) is 0. The van der Waals surface area contributed by atoms with Gasteiger partial charge in [0.05, 0.1) is 12.9 Å². The summed E-state index contributed by atoms with van der Waals surface area (Å²) in [6.07, 6.45) is 11.2. The molecule has 0 saturated heterocycles. The maximum Gasteiger partial charge on any atom is 0.151 e. The van der Waals surface area contributed by atoms with E-state index in [1.807, 2.05) is 0 Å². The van der Waals surface area contributed by atoms with Gasteiger partial charge in [0.25, 0.3) is 0 Å². The summed E-state index contributed by atoms with van der Waals surface area (Å²) < 4.78 is 5.62. The van der Waals surface area contributed by atoms with Crippen molar-refractivity contribution < 1.29 is 9.84 Å². The normalized spacial score (nSPS) is 38.9. The summed E-state index contributed by atoms with van der Waals surface area (Å²) in [5.74, 6) is 6.46. The maximum absolute atomic E-state index is 12.4. The molecule has 3 heteroatoms. The Morgan fingerprint density at radius 3 is 2.26 bits per heavy atom. The number of hydrogen-bond donors (Lipinski definition) is 1. The Hall–Kier alpha value is -1.24. The van der Waals surface area contributed by atoms with E-state index in [4.69, 9.17) is 4.74 Å². The molecule has 4 rings (SSSR count). The highest BCUT2D eigenvalue weighted by atomic mass is 28.3. The van der Waals surface area contributed by atoms with Crippen molar-refractivity contribution in [2.75, 3.05) is 7.11 Å². The minimum Gasteiger partial charge on any atom is -0.501 e. The molecule has 2 saturated carbocycles. The number of hydrogen-bond acceptors (Lipinski definition) is 2. The predicted octanol–water partition coefficient (Wildman–Crippen LogP) is 8.21. The molecule has 0 aromatic rings. The van der Waals surface area contributed by atoms with Gasteiger partial charge in [-0.1, -0.05) is 74.0 Å². The van der Waals surface area contributed by atoms with Crippen molar-refractivity contribution >= 4 is 8.07 Å². The highest BCUT2D eigenvalue weighted by Crippen LogP contribution is 2.67. The maximum atomic E-state index is 12.4. The fourth-order valence-electron chi connectivity index (χ4n) is 9.29. The Labute approximate surface area is 216 Å². The van der Waals surface area contributed by atoms with E-state index in [0.29, 0.717) is 34.4 Å². The topological polar surface area (TPSA) is 29.5 Å². The number of fused-ring (bicyclic) bond motifs is 5. The van der Waals surface area contributed by atoms with Crippen molar-refractivity contribution in [2.24, 2.45) is 28.6 Å². The van der Waals surface area contributed by atoms with Gasteiger partial charge >= 0.3 is 0 Å². The molecule has 35 heavy (non-hydrogen) atoms. The van der Waals surface area contributed by atoms with Gasteiger partial charge in [-0.15, -0.1) is 5.54 Å². The van der Waals surface area contributed by atoms with Crippen LogP contribution in [-0.4, -0.2) is 25.9 Å². The smallest absolute Gasteiger partial charge is 0.151 e. The van der Waals surface area contributed by atoms with Crippen molar-refractivity contribution in [2.45, 2.75) is 116 Å². The van der Waals surface area contributed by atoms with E-state index >= 15 is 0 Å². The predicted molar refractivity (Wildman–Crippen MR) is 150 cm³/mol. The highest BCUT2D eigenvalue weighted by molar-refractivity contribution is 6.90. The molecule has 2 fully saturated rings. The molecule has 0 spiro atoms. The summed E-state index contributed by atoms with van der Waals surface area (Å²) in [4.78, 5) is 0. The first-order chi connectivity index (χ1) is 16.3. The van der Waals surface area contributed by atoms with Crippen molar-refractivity contribution in [1.82, 2.24) is 0 Å². The van der Waals surface area contributed by atoms with Gasteiger partial charge in [-0.05, 0) is 89.1 Å². The standard InChI is InChI=1S/C32H50O2Si/c1-21(2)35(22(3)4,23(5)6)18-17-32(33)24(7)19-29-27-12-11-25-20-26(34-10)13-15-30(25,8)28(27)14-16-31(29,32)9/h11,20-23,27-29,33H,7,12-16,19H2,1-6,8-10H3/t27-,28+,29+,30+,31+,32+/m1/s1. The van der Waals surface area contributed by atoms with Gasteiger partial charge in [0.15, 0.2) is 5.60 Å². The lowest BCUT2D eigenvalue weighted by Crippen LogP contribution is -2.54. The van der Waals surface area contributed by atoms with Gasteiger partial charge in [0, 0.05) is 11.8 Å². The van der Waals surface area contributed by atoms with Crippen molar-refractivity contribution in [1.29, 1.82) is 0 Å². The lowest BCUT2D eigenvalue weighted by Gasteiger charge is -2.57. The summed E-state index contributed by atoms with van der Waals surface area (Å²) in [6.45, 7) is 23.4. The number of methoxy groups -OCH3 is 1. The van der Waals surface area contributed by atoms with E-state index in [-0.39, 0.29) is 10.8 Å². The van der Waals surface area contributed by atoms with Crippen LogP contribution >= 0.6 is 0 Å². The molecule has 0 aromatic heterocycles. The Balaban J connectivity index is 1.73. The van der Waals surface area contributed by atoms with E-state index in [0.717, 1.165) is 37.0 Å². The van der Waals surface area contributed by atoms with E-state index < -0.39 is 13.7 Å². The van der Waals surface area contributed by atoms with E-state index in [1.165, 1.54) is 18.4 Å². The lowest BCUT2D eigenvalue weighted by atomic mass is 9.47. The fraction of sp³-hybridized carbons (Fsp3) is 0.750. The highest BCUT2D eigenvalue weighted by Gasteiger charge is 2.65. The molecule has 4 aliphatic carbocycles. The fourth-order valence-corrected chi connectivity index (χ4v) is 14.5. The molecule has 0 unspecified atom stereocenters. The number of ether oxygens (including phenoxy) is 1. The van der Waals surface area contributed by atoms with E-state index in [2.05, 4.69) is 85.6 Å². The van der Waals surface area contributed by atoms with Crippen LogP contribution in [0.3, 0.4) is 0 Å². The summed E-state index contributed by atoms with van der Waals surface area (Å²) in [5.41, 5.74) is 6.96. The average molecular weight is 495 g/mol. The quantitative estimate of drug-likeness (QED) is 0.242. The molecule has 1 N–H and O–H groups in total. The van der Waals surface area contributed by atoms with Gasteiger partial charge in [-0.25, -0.2) is 0 Å². The number of aliphatic hydroxyl groups is 1. The van der Waals surface area contributed by atoms with Gasteiger partial charge in [-0.2, -0.15) is 0 Å². The molecular weight excluding hydrogens is 444 g/mol. The van der Waals surface area contributed by atoms with Crippen LogP contribution < -0.4 is 0 Å². The Kier molecular flexibility index (Phi) is 6.86. The van der Waals surface area contributed by atoms with Crippen LogP contribution in [0.4, 0.5) is 0 Å². The molecule has 2 nitrogen and oxygen atoms in total. The summed E-state index contributed by atoms with van der Waals surface area (Å²) in [5, 5.41) is 12.4. The van der Waals surface area contributed by atoms with Crippen molar-refractivity contribution in [3.8, 4) is 11.5 Å². The van der Waals surface area contributed by atoms with Crippen LogP contribution in [0.5, 0.6) is 0 Å². The molecule has 0 heterocycles. The van der Waals surface area contributed by atoms with Gasteiger partial charge in [0.1, 0.15) is 8.07 Å². The first kappa shape index (κ1) is 26.8. The second-order valence-electron chi connectivity index (χ2n) is 13.6. The van der Waals surface area contributed by atoms with Crippen LogP contribution in [0.15, 0.2) is 35.6 Å². The zero-order valence-corrected chi connectivity index (χ0v) is 24.9. The molecule has 0 amide bonds. The molecule has 0 aromatic carbocycles. The third-order valence-corrected chi connectivity index (χ3v) is 17.8. The van der Waals surface area contributed by atoms with Gasteiger partial charge in [0.2, 0.25) is 0 Å². The first-order valence-corrected chi connectivity index (χ1v) is 16.4. The molecule has 0 radical (unpaired) electrons. The van der Waals surface area contributed by atoms with Gasteiger partial charge in [-0.3, -0.25) is 0 Å². The largest absolute Gasteiger partial charge is 0.501 e. The lowest BCUT2D eigenvalue weighted by molar-refractivity contribution is -0.0854. The van der Waals surface area contributed by atoms with Gasteiger partial charge < -0.3 is 9.84 Å². The number of rotatable bonds is 4. The molecular formula is C32H50O2Si. The van der Waals surface area contributed by atoms with Crippen LogP contribution in [0.1, 0.15) is 93.9 Å². The molecule has 4 aliphatic rings. The van der Waals surface area contributed by atoms with Crippen molar-refractivity contribution in [3.05, 3.63) is 35.6 Å². The summed E-state index contributed by atoms with van der Waals surface area (Å²) in [7, 11) is -0.132. The monoisotopic (exact) mass is 494 g/mol. The number of allylic oxidation sites excluding steroid dienone is 4. The van der Waals surface area contributed by atoms with Crippen molar-refractivity contribution in [3.63, 3.8) is 0 Å². The zero-order valence-electron chi connectivity index (χ0n) is 23.9. The molecule has 6 atom stereocenters. The molecule has 0 bridgehead atoms. The third-order valence-electron chi connectivity index (χ3n) is 11.5. The Bertz CT molecular complexity index is 969.